The van der Waals surface area contributed by atoms with Gasteiger partial charge in [-0.15, -0.1) is 4.31 Å². The van der Waals surface area contributed by atoms with Crippen LogP contribution < -0.4 is 0 Å². The fourth-order valence-corrected chi connectivity index (χ4v) is 3.09. The number of aryl methyl sites for hydroxylation is 1. The molecule has 82 valence electrons. The Kier molecular flexibility index (Phi) is 3.67. The van der Waals surface area contributed by atoms with Gasteiger partial charge in [0.2, 0.25) is 0 Å². The maximum absolute atomic E-state index is 12.1. The van der Waals surface area contributed by atoms with E-state index in [9.17, 15) is 4.55 Å². The largest absolute Gasteiger partial charge is 0.593 e. The molecule has 0 radical (unpaired) electrons. The van der Waals surface area contributed by atoms with Gasteiger partial charge in [0.25, 0.3) is 0 Å². The molecular formula is C12H17NOS. The highest BCUT2D eigenvalue weighted by molar-refractivity contribution is 7.89. The smallest absolute Gasteiger partial charge is 0.174 e. The van der Waals surface area contributed by atoms with Crippen molar-refractivity contribution in [3.63, 3.8) is 0 Å². The maximum atomic E-state index is 12.1. The molecule has 1 saturated heterocycles. The van der Waals surface area contributed by atoms with E-state index in [1.807, 2.05) is 31.2 Å². The van der Waals surface area contributed by atoms with Crippen LogP contribution in [-0.4, -0.2) is 21.9 Å². The first-order chi connectivity index (χ1) is 7.27. The molecule has 0 amide bonds. The van der Waals surface area contributed by atoms with Crippen molar-refractivity contribution in [2.75, 3.05) is 13.1 Å². The van der Waals surface area contributed by atoms with Gasteiger partial charge in [0.1, 0.15) is 0 Å². The molecular weight excluding hydrogens is 206 g/mol. The number of piperidine rings is 1. The van der Waals surface area contributed by atoms with Crippen molar-refractivity contribution in [1.82, 2.24) is 4.31 Å². The zero-order valence-electron chi connectivity index (χ0n) is 9.11. The lowest BCUT2D eigenvalue weighted by molar-refractivity contribution is 0.346. The fraction of sp³-hybridized carbons (Fsp3) is 0.500. The zero-order chi connectivity index (χ0) is 10.7. The van der Waals surface area contributed by atoms with E-state index in [2.05, 4.69) is 4.31 Å². The average Bonchev–Trinajstić information content (AvgIpc) is 2.30. The molecule has 0 spiro atoms. The summed E-state index contributed by atoms with van der Waals surface area (Å²) in [5, 5.41) is 0. The summed E-state index contributed by atoms with van der Waals surface area (Å²) in [6.07, 6.45) is 3.64. The van der Waals surface area contributed by atoms with E-state index < -0.39 is 11.4 Å². The van der Waals surface area contributed by atoms with E-state index in [-0.39, 0.29) is 0 Å². The highest BCUT2D eigenvalue weighted by Gasteiger charge is 2.23. The van der Waals surface area contributed by atoms with Crippen LogP contribution >= 0.6 is 0 Å². The first-order valence-electron chi connectivity index (χ1n) is 5.51. The summed E-state index contributed by atoms with van der Waals surface area (Å²) in [6.45, 7) is 3.99. The first-order valence-corrected chi connectivity index (χ1v) is 6.61. The van der Waals surface area contributed by atoms with Gasteiger partial charge in [-0.05, 0) is 31.9 Å². The van der Waals surface area contributed by atoms with Crippen molar-refractivity contribution < 1.29 is 4.55 Å². The van der Waals surface area contributed by atoms with Crippen LogP contribution in [0, 0.1) is 6.92 Å². The van der Waals surface area contributed by atoms with Gasteiger partial charge in [-0.3, -0.25) is 0 Å². The summed E-state index contributed by atoms with van der Waals surface area (Å²) in [4.78, 5) is 0.933. The molecule has 2 rings (SSSR count). The second-order valence-corrected chi connectivity index (χ2v) is 5.54. The van der Waals surface area contributed by atoms with Crippen LogP contribution in [0.25, 0.3) is 0 Å². The van der Waals surface area contributed by atoms with Crippen LogP contribution in [0.15, 0.2) is 29.2 Å². The molecule has 0 N–H and O–H groups in total. The molecule has 1 aromatic rings. The third-order valence-electron chi connectivity index (χ3n) is 2.77. The van der Waals surface area contributed by atoms with Crippen molar-refractivity contribution in [1.29, 1.82) is 0 Å². The third-order valence-corrected chi connectivity index (χ3v) is 4.28. The number of benzene rings is 1. The zero-order valence-corrected chi connectivity index (χ0v) is 9.93. The SMILES string of the molecule is Cc1ccc([S@+]([O-])N2CCCCC2)cc1. The van der Waals surface area contributed by atoms with Crippen LogP contribution in [0.1, 0.15) is 24.8 Å². The molecule has 1 heterocycles. The highest BCUT2D eigenvalue weighted by Crippen LogP contribution is 2.20. The molecule has 0 aliphatic carbocycles. The summed E-state index contributed by atoms with van der Waals surface area (Å²) >= 11 is -0.945. The Bertz CT molecular complexity index is 306. The predicted molar refractivity (Wildman–Crippen MR) is 63.0 cm³/mol. The predicted octanol–water partition coefficient (Wildman–Crippen LogP) is 2.50. The number of nitrogens with zero attached hydrogens (tertiary/aromatic N) is 1. The lowest BCUT2D eigenvalue weighted by atomic mass is 10.2. The average molecular weight is 223 g/mol. The Morgan fingerprint density at radius 3 is 2.27 bits per heavy atom. The van der Waals surface area contributed by atoms with Crippen LogP contribution in [-0.2, 0) is 11.4 Å². The Morgan fingerprint density at radius 1 is 1.07 bits per heavy atom. The number of hydrogen-bond acceptors (Lipinski definition) is 2. The van der Waals surface area contributed by atoms with Gasteiger partial charge in [0.15, 0.2) is 4.90 Å². The van der Waals surface area contributed by atoms with Crippen molar-refractivity contribution in [2.45, 2.75) is 31.1 Å². The maximum Gasteiger partial charge on any atom is 0.174 e. The molecule has 0 unspecified atom stereocenters. The van der Waals surface area contributed by atoms with Crippen molar-refractivity contribution in [3.05, 3.63) is 29.8 Å². The minimum Gasteiger partial charge on any atom is -0.593 e. The number of rotatable bonds is 2. The Labute approximate surface area is 94.6 Å². The molecule has 0 aromatic heterocycles. The quantitative estimate of drug-likeness (QED) is 0.720. The second kappa shape index (κ2) is 5.01. The fourth-order valence-electron chi connectivity index (χ4n) is 1.83. The summed E-state index contributed by atoms with van der Waals surface area (Å²) in [5.74, 6) is 0. The Morgan fingerprint density at radius 2 is 1.67 bits per heavy atom. The molecule has 1 fully saturated rings. The summed E-state index contributed by atoms with van der Waals surface area (Å²) in [7, 11) is 0. The summed E-state index contributed by atoms with van der Waals surface area (Å²) in [5.41, 5.74) is 1.22. The third kappa shape index (κ3) is 2.74. The molecule has 1 aromatic carbocycles. The van der Waals surface area contributed by atoms with Gasteiger partial charge in [-0.1, -0.05) is 24.1 Å². The van der Waals surface area contributed by atoms with Gasteiger partial charge in [-0.2, -0.15) is 0 Å². The summed E-state index contributed by atoms with van der Waals surface area (Å²) in [6, 6.07) is 7.99. The van der Waals surface area contributed by atoms with E-state index in [4.69, 9.17) is 0 Å². The van der Waals surface area contributed by atoms with Gasteiger partial charge in [0, 0.05) is 13.1 Å². The minimum atomic E-state index is -0.945. The monoisotopic (exact) mass is 223 g/mol. The standard InChI is InChI=1S/C12H17NOS/c1-11-5-7-12(8-6-11)15(14)13-9-3-2-4-10-13/h5-8H,2-4,9-10H2,1H3/t15-/m0/s1. The van der Waals surface area contributed by atoms with E-state index in [1.54, 1.807) is 0 Å². The van der Waals surface area contributed by atoms with Gasteiger partial charge < -0.3 is 4.55 Å². The van der Waals surface area contributed by atoms with Gasteiger partial charge in [0.05, 0.1) is 11.4 Å². The number of hydrogen-bond donors (Lipinski definition) is 0. The minimum absolute atomic E-state index is 0.933. The lowest BCUT2D eigenvalue weighted by Gasteiger charge is -2.27. The van der Waals surface area contributed by atoms with Crippen molar-refractivity contribution in [3.8, 4) is 0 Å². The Hall–Kier alpha value is -0.510. The van der Waals surface area contributed by atoms with Crippen LogP contribution in [0.3, 0.4) is 0 Å². The molecule has 1 atom stereocenters. The summed E-state index contributed by atoms with van der Waals surface area (Å²) < 4.78 is 14.2. The van der Waals surface area contributed by atoms with E-state index in [0.29, 0.717) is 0 Å². The molecule has 0 bridgehead atoms. The lowest BCUT2D eigenvalue weighted by Crippen LogP contribution is -2.35. The van der Waals surface area contributed by atoms with E-state index in [0.717, 1.165) is 18.0 Å². The molecule has 0 saturated carbocycles. The molecule has 15 heavy (non-hydrogen) atoms. The van der Waals surface area contributed by atoms with Crippen molar-refractivity contribution in [2.24, 2.45) is 0 Å². The molecule has 1 aliphatic heterocycles. The van der Waals surface area contributed by atoms with Gasteiger partial charge in [-0.25, -0.2) is 0 Å². The van der Waals surface area contributed by atoms with E-state index >= 15 is 0 Å². The first kappa shape index (κ1) is 11.0. The normalized spacial score (nSPS) is 20.1. The highest BCUT2D eigenvalue weighted by atomic mass is 32.2. The molecule has 3 heteroatoms. The second-order valence-electron chi connectivity index (χ2n) is 4.05. The van der Waals surface area contributed by atoms with Crippen molar-refractivity contribution >= 4 is 11.4 Å². The van der Waals surface area contributed by atoms with Gasteiger partial charge >= 0.3 is 0 Å². The topological polar surface area (TPSA) is 26.3 Å². The van der Waals surface area contributed by atoms with Crippen LogP contribution in [0.2, 0.25) is 0 Å². The van der Waals surface area contributed by atoms with E-state index in [1.165, 1.54) is 24.8 Å². The Balaban J connectivity index is 2.05. The van der Waals surface area contributed by atoms with Crippen LogP contribution in [0.4, 0.5) is 0 Å². The van der Waals surface area contributed by atoms with Crippen LogP contribution in [0.5, 0.6) is 0 Å². The molecule has 2 nitrogen and oxygen atoms in total. The molecule has 1 aliphatic rings.